The van der Waals surface area contributed by atoms with Crippen LogP contribution in [0, 0.1) is 13.8 Å². The first-order valence-corrected chi connectivity index (χ1v) is 21.3. The van der Waals surface area contributed by atoms with E-state index in [2.05, 4.69) is 220 Å². The van der Waals surface area contributed by atoms with Crippen molar-refractivity contribution >= 4 is 71.9 Å². The lowest BCUT2D eigenvalue weighted by atomic mass is 9.84. The summed E-state index contributed by atoms with van der Waals surface area (Å²) in [5, 5.41) is 15.8. The van der Waals surface area contributed by atoms with Gasteiger partial charge in [0.25, 0.3) is 0 Å². The van der Waals surface area contributed by atoms with Crippen LogP contribution in [-0.4, -0.2) is 8.07 Å². The largest absolute Gasteiger partial charge is 0.179 e. The number of benzene rings is 10. The molecule has 0 aliphatic carbocycles. The second-order valence-corrected chi connectivity index (χ2v) is 18.7. The Morgan fingerprint density at radius 2 is 0.764 bits per heavy atom. The van der Waals surface area contributed by atoms with E-state index in [-0.39, 0.29) is 0 Å². The Bertz CT molecular complexity index is 2950. The van der Waals surface area contributed by atoms with Crippen molar-refractivity contribution < 1.29 is 0 Å². The van der Waals surface area contributed by atoms with Gasteiger partial charge in [-0.25, -0.2) is 0 Å². The fourth-order valence-electron chi connectivity index (χ4n) is 9.33. The molecule has 0 saturated carbocycles. The molecule has 1 heteroatoms. The van der Waals surface area contributed by atoms with Gasteiger partial charge in [0.15, 0.2) is 8.07 Å². The molecule has 0 spiro atoms. The second kappa shape index (κ2) is 13.4. The Kier molecular flexibility index (Phi) is 8.05. The highest BCUT2D eigenvalue weighted by Gasteiger charge is 2.43. The van der Waals surface area contributed by atoms with Crippen molar-refractivity contribution in [2.24, 2.45) is 0 Å². The summed E-state index contributed by atoms with van der Waals surface area (Å²) in [5.41, 5.74) is 7.75. The van der Waals surface area contributed by atoms with E-state index in [1.54, 1.807) is 0 Å². The van der Waals surface area contributed by atoms with Crippen LogP contribution in [0.25, 0.3) is 65.3 Å². The summed E-state index contributed by atoms with van der Waals surface area (Å²) >= 11 is 0. The average Bonchev–Trinajstić information content (AvgIpc) is 3.25. The minimum Gasteiger partial charge on any atom is -0.0623 e. The van der Waals surface area contributed by atoms with Crippen molar-refractivity contribution in [2.45, 2.75) is 13.8 Å². The van der Waals surface area contributed by atoms with Gasteiger partial charge >= 0.3 is 0 Å². The maximum absolute atomic E-state index is 2.80. The van der Waals surface area contributed by atoms with Crippen LogP contribution in [0.3, 0.4) is 0 Å². The van der Waals surface area contributed by atoms with Crippen molar-refractivity contribution in [1.29, 1.82) is 0 Å². The maximum atomic E-state index is 2.55. The molecule has 0 bridgehead atoms. The molecule has 10 aromatic carbocycles. The first-order valence-electron chi connectivity index (χ1n) is 19.3. The SMILES string of the molecule is Cc1cc([Si](c2ccccc2)(c2ccccc2)c2ccc3ccccc3c2)c(C)cc1-c1c2ccccc2c(-c2ccc3ccccc3c2)c2ccccc12. The van der Waals surface area contributed by atoms with Gasteiger partial charge in [-0.2, -0.15) is 0 Å². The normalized spacial score (nSPS) is 11.8. The Morgan fingerprint density at radius 3 is 1.33 bits per heavy atom. The Balaban J connectivity index is 1.26. The monoisotopic (exact) mass is 716 g/mol. The zero-order valence-corrected chi connectivity index (χ0v) is 32.1. The number of rotatable bonds is 6. The molecule has 0 unspecified atom stereocenters. The second-order valence-electron chi connectivity index (χ2n) is 14.9. The fourth-order valence-corrected chi connectivity index (χ4v) is 14.4. The quantitative estimate of drug-likeness (QED) is 0.0913. The van der Waals surface area contributed by atoms with E-state index in [0.717, 1.165) is 0 Å². The molecule has 0 aliphatic rings. The van der Waals surface area contributed by atoms with Crippen LogP contribution in [0.15, 0.2) is 206 Å². The molecule has 0 aromatic heterocycles. The van der Waals surface area contributed by atoms with E-state index in [4.69, 9.17) is 0 Å². The van der Waals surface area contributed by atoms with Crippen molar-refractivity contribution in [2.75, 3.05) is 0 Å². The summed E-state index contributed by atoms with van der Waals surface area (Å²) in [6.45, 7) is 4.68. The summed E-state index contributed by atoms with van der Waals surface area (Å²) < 4.78 is 0. The number of fused-ring (bicyclic) bond motifs is 4. The van der Waals surface area contributed by atoms with E-state index < -0.39 is 8.07 Å². The molecule has 55 heavy (non-hydrogen) atoms. The van der Waals surface area contributed by atoms with Gasteiger partial charge in [0.2, 0.25) is 0 Å². The lowest BCUT2D eigenvalue weighted by Gasteiger charge is -2.36. The van der Waals surface area contributed by atoms with Gasteiger partial charge in [-0.05, 0) is 112 Å². The Hall–Kier alpha value is -6.54. The van der Waals surface area contributed by atoms with Gasteiger partial charge in [0.1, 0.15) is 0 Å². The molecular formula is C54H40Si. The topological polar surface area (TPSA) is 0 Å². The molecule has 0 nitrogen and oxygen atoms in total. The minimum absolute atomic E-state index is 1.25. The molecule has 260 valence electrons. The molecule has 0 aliphatic heterocycles. The predicted octanol–water partition coefficient (Wildman–Crippen LogP) is 11.6. The summed E-state index contributed by atoms with van der Waals surface area (Å²) in [7, 11) is -2.80. The van der Waals surface area contributed by atoms with Gasteiger partial charge in [-0.3, -0.25) is 0 Å². The number of aryl methyl sites for hydroxylation is 2. The molecule has 10 aromatic rings. The zero-order valence-electron chi connectivity index (χ0n) is 31.1. The predicted molar refractivity (Wildman–Crippen MR) is 240 cm³/mol. The van der Waals surface area contributed by atoms with Crippen LogP contribution in [0.2, 0.25) is 0 Å². The van der Waals surface area contributed by atoms with E-state index in [1.165, 1.54) is 97.2 Å². The summed E-state index contributed by atoms with van der Waals surface area (Å²) in [6, 6.07) is 77.3. The van der Waals surface area contributed by atoms with Crippen molar-refractivity contribution in [3.05, 3.63) is 217 Å². The third-order valence-corrected chi connectivity index (χ3v) is 16.7. The lowest BCUT2D eigenvalue weighted by Crippen LogP contribution is -2.75. The third-order valence-electron chi connectivity index (χ3n) is 11.8. The first-order chi connectivity index (χ1) is 27.1. The van der Waals surface area contributed by atoms with Crippen LogP contribution in [-0.2, 0) is 0 Å². The Labute approximate surface area is 324 Å². The molecule has 0 radical (unpaired) electrons. The van der Waals surface area contributed by atoms with Crippen LogP contribution in [0.1, 0.15) is 11.1 Å². The lowest BCUT2D eigenvalue weighted by molar-refractivity contribution is 1.42. The molecule has 0 N–H and O–H groups in total. The molecule has 10 rings (SSSR count). The van der Waals surface area contributed by atoms with Crippen molar-refractivity contribution in [1.82, 2.24) is 0 Å². The van der Waals surface area contributed by atoms with E-state index in [1.807, 2.05) is 0 Å². The highest BCUT2D eigenvalue weighted by atomic mass is 28.3. The molecule has 0 atom stereocenters. The summed E-state index contributed by atoms with van der Waals surface area (Å²) in [5.74, 6) is 0. The molecular weight excluding hydrogens is 677 g/mol. The van der Waals surface area contributed by atoms with Gasteiger partial charge in [0.05, 0.1) is 0 Å². The summed E-state index contributed by atoms with van der Waals surface area (Å²) in [6.07, 6.45) is 0. The minimum atomic E-state index is -2.80. The van der Waals surface area contributed by atoms with Crippen molar-refractivity contribution in [3.63, 3.8) is 0 Å². The number of hydrogen-bond donors (Lipinski definition) is 0. The highest BCUT2D eigenvalue weighted by Crippen LogP contribution is 2.45. The first kappa shape index (κ1) is 33.1. The third kappa shape index (κ3) is 5.34. The fraction of sp³-hybridized carbons (Fsp3) is 0.0370. The van der Waals surface area contributed by atoms with Crippen LogP contribution in [0.5, 0.6) is 0 Å². The highest BCUT2D eigenvalue weighted by molar-refractivity contribution is 7.20. The smallest absolute Gasteiger partial charge is 0.0623 e. The Morgan fingerprint density at radius 1 is 0.309 bits per heavy atom. The maximum Gasteiger partial charge on any atom is 0.179 e. The van der Waals surface area contributed by atoms with Crippen LogP contribution in [0.4, 0.5) is 0 Å². The van der Waals surface area contributed by atoms with Crippen molar-refractivity contribution in [3.8, 4) is 22.3 Å². The summed E-state index contributed by atoms with van der Waals surface area (Å²) in [4.78, 5) is 0. The van der Waals surface area contributed by atoms with Crippen LogP contribution >= 0.6 is 0 Å². The number of hydrogen-bond acceptors (Lipinski definition) is 0. The molecule has 0 heterocycles. The zero-order chi connectivity index (χ0) is 36.9. The van der Waals surface area contributed by atoms with Gasteiger partial charge in [0, 0.05) is 0 Å². The standard InChI is InChI=1S/C54H40Si/c1-37-34-52(55(44-21-5-3-6-22-44,45-23-7-4-8-24-45)46-32-31-40-18-10-12-20-42(40)36-46)38(2)33-51(37)54-49-27-15-13-25-47(49)53(48-26-14-16-28-50(48)54)43-30-29-39-17-9-11-19-41(39)35-43/h3-36H,1-2H3. The molecule has 0 amide bonds. The average molecular weight is 717 g/mol. The van der Waals surface area contributed by atoms with E-state index in [9.17, 15) is 0 Å². The molecule has 0 saturated heterocycles. The van der Waals surface area contributed by atoms with E-state index in [0.29, 0.717) is 0 Å². The van der Waals surface area contributed by atoms with Gasteiger partial charge in [-0.15, -0.1) is 0 Å². The molecule has 0 fully saturated rings. The van der Waals surface area contributed by atoms with Gasteiger partial charge in [-0.1, -0.05) is 206 Å². The van der Waals surface area contributed by atoms with Gasteiger partial charge < -0.3 is 0 Å². The van der Waals surface area contributed by atoms with E-state index >= 15 is 0 Å². The van der Waals surface area contributed by atoms with Crippen LogP contribution < -0.4 is 20.7 Å².